The van der Waals surface area contributed by atoms with Gasteiger partial charge < -0.3 is 15.0 Å². The van der Waals surface area contributed by atoms with E-state index in [0.29, 0.717) is 13.1 Å². The van der Waals surface area contributed by atoms with Gasteiger partial charge in [-0.2, -0.15) is 0 Å². The molecule has 0 aromatic heterocycles. The topological polar surface area (TPSA) is 41.6 Å². The Balaban J connectivity index is 1.56. The Kier molecular flexibility index (Phi) is 8.18. The van der Waals surface area contributed by atoms with Gasteiger partial charge in [-0.05, 0) is 59.9 Å². The van der Waals surface area contributed by atoms with Crippen LogP contribution in [-0.4, -0.2) is 24.6 Å². The minimum absolute atomic E-state index is 0.105. The van der Waals surface area contributed by atoms with Crippen molar-refractivity contribution in [2.75, 3.05) is 19.0 Å². The summed E-state index contributed by atoms with van der Waals surface area (Å²) in [6.45, 7) is 3.14. The van der Waals surface area contributed by atoms with Gasteiger partial charge in [0, 0.05) is 24.7 Å². The maximum atomic E-state index is 13.4. The van der Waals surface area contributed by atoms with Crippen molar-refractivity contribution >= 4 is 11.7 Å². The van der Waals surface area contributed by atoms with Crippen molar-refractivity contribution in [1.82, 2.24) is 4.90 Å². The van der Waals surface area contributed by atoms with Crippen LogP contribution < -0.4 is 10.1 Å². The fraction of sp³-hybridized carbons (Fsp3) is 0.194. The summed E-state index contributed by atoms with van der Waals surface area (Å²) in [5.74, 6) is 1.00. The Labute approximate surface area is 208 Å². The molecule has 0 unspecified atom stereocenters. The minimum atomic E-state index is -0.105. The maximum Gasteiger partial charge on any atom is 0.322 e. The molecule has 0 atom stereocenters. The van der Waals surface area contributed by atoms with Gasteiger partial charge in [-0.25, -0.2) is 4.79 Å². The Bertz CT molecular complexity index is 1170. The van der Waals surface area contributed by atoms with Crippen molar-refractivity contribution in [3.8, 4) is 5.75 Å². The quantitative estimate of drug-likeness (QED) is 0.283. The predicted octanol–water partition coefficient (Wildman–Crippen LogP) is 7.26. The molecular weight excluding hydrogens is 432 g/mol. The SMILES string of the molecule is COc1ccc(CN(CCC(c2ccccc2)c2ccccc2)C(=O)Nc2cccc(C)c2)cc1. The van der Waals surface area contributed by atoms with Gasteiger partial charge in [0.1, 0.15) is 5.75 Å². The largest absolute Gasteiger partial charge is 0.497 e. The Morgan fingerprint density at radius 3 is 2.03 bits per heavy atom. The molecule has 35 heavy (non-hydrogen) atoms. The highest BCUT2D eigenvalue weighted by molar-refractivity contribution is 5.89. The molecule has 0 heterocycles. The van der Waals surface area contributed by atoms with Crippen LogP contribution in [0.15, 0.2) is 109 Å². The summed E-state index contributed by atoms with van der Waals surface area (Å²) in [5, 5.41) is 3.09. The molecule has 0 fully saturated rings. The molecule has 4 aromatic carbocycles. The van der Waals surface area contributed by atoms with E-state index < -0.39 is 0 Å². The first-order valence-corrected chi connectivity index (χ1v) is 12.0. The number of carbonyl (C=O) groups excluding carboxylic acids is 1. The highest BCUT2D eigenvalue weighted by Gasteiger charge is 2.19. The maximum absolute atomic E-state index is 13.4. The molecule has 4 rings (SSSR count). The van der Waals surface area contributed by atoms with Crippen molar-refractivity contribution < 1.29 is 9.53 Å². The van der Waals surface area contributed by atoms with Crippen molar-refractivity contribution in [3.05, 3.63) is 131 Å². The second-order valence-electron chi connectivity index (χ2n) is 8.73. The van der Waals surface area contributed by atoms with E-state index in [-0.39, 0.29) is 11.9 Å². The zero-order chi connectivity index (χ0) is 24.5. The average Bonchev–Trinajstić information content (AvgIpc) is 2.90. The van der Waals surface area contributed by atoms with Crippen LogP contribution in [0, 0.1) is 6.92 Å². The lowest BCUT2D eigenvalue weighted by Crippen LogP contribution is -2.36. The highest BCUT2D eigenvalue weighted by atomic mass is 16.5. The van der Waals surface area contributed by atoms with Gasteiger partial charge in [-0.3, -0.25) is 0 Å². The molecule has 0 aliphatic rings. The zero-order valence-electron chi connectivity index (χ0n) is 20.4. The highest BCUT2D eigenvalue weighted by Crippen LogP contribution is 2.28. The lowest BCUT2D eigenvalue weighted by Gasteiger charge is -2.26. The molecule has 178 valence electrons. The third-order valence-electron chi connectivity index (χ3n) is 6.18. The van der Waals surface area contributed by atoms with Gasteiger partial charge in [0.25, 0.3) is 0 Å². The molecule has 2 amide bonds. The summed E-state index contributed by atoms with van der Waals surface area (Å²) in [7, 11) is 1.66. The van der Waals surface area contributed by atoms with Gasteiger partial charge in [-0.1, -0.05) is 84.9 Å². The number of nitrogens with zero attached hydrogens (tertiary/aromatic N) is 1. The molecule has 0 radical (unpaired) electrons. The van der Waals surface area contributed by atoms with Crippen LogP contribution in [0.1, 0.15) is 34.6 Å². The number of amides is 2. The van der Waals surface area contributed by atoms with Crippen molar-refractivity contribution in [3.63, 3.8) is 0 Å². The van der Waals surface area contributed by atoms with E-state index in [1.165, 1.54) is 11.1 Å². The van der Waals surface area contributed by atoms with E-state index in [9.17, 15) is 4.79 Å². The summed E-state index contributed by atoms with van der Waals surface area (Å²) >= 11 is 0. The van der Waals surface area contributed by atoms with Crippen molar-refractivity contribution in [2.24, 2.45) is 0 Å². The third-order valence-corrected chi connectivity index (χ3v) is 6.18. The first kappa shape index (κ1) is 24.1. The fourth-order valence-corrected chi connectivity index (χ4v) is 4.31. The monoisotopic (exact) mass is 464 g/mol. The van der Waals surface area contributed by atoms with Crippen LogP contribution in [0.2, 0.25) is 0 Å². The Hall–Kier alpha value is -4.05. The molecule has 1 N–H and O–H groups in total. The number of benzene rings is 4. The van der Waals surface area contributed by atoms with Crippen LogP contribution in [0.3, 0.4) is 0 Å². The number of hydrogen-bond acceptors (Lipinski definition) is 2. The number of rotatable bonds is 9. The third kappa shape index (κ3) is 6.73. The fourth-order valence-electron chi connectivity index (χ4n) is 4.31. The molecule has 4 aromatic rings. The summed E-state index contributed by atoms with van der Waals surface area (Å²) < 4.78 is 5.30. The Morgan fingerprint density at radius 2 is 1.46 bits per heavy atom. The molecule has 0 spiro atoms. The summed E-state index contributed by atoms with van der Waals surface area (Å²) in [5.41, 5.74) is 5.47. The van der Waals surface area contributed by atoms with E-state index in [0.717, 1.165) is 29.0 Å². The number of hydrogen-bond donors (Lipinski definition) is 1. The number of methoxy groups -OCH3 is 1. The summed E-state index contributed by atoms with van der Waals surface area (Å²) in [6.07, 6.45) is 0.811. The number of anilines is 1. The first-order chi connectivity index (χ1) is 17.1. The number of nitrogens with one attached hydrogen (secondary N) is 1. The van der Waals surface area contributed by atoms with Crippen LogP contribution in [-0.2, 0) is 6.54 Å². The smallest absolute Gasteiger partial charge is 0.322 e. The van der Waals surface area contributed by atoms with E-state index in [1.54, 1.807) is 7.11 Å². The van der Waals surface area contributed by atoms with E-state index in [4.69, 9.17) is 4.74 Å². The number of ether oxygens (including phenoxy) is 1. The molecule has 0 saturated carbocycles. The molecule has 4 nitrogen and oxygen atoms in total. The van der Waals surface area contributed by atoms with Crippen molar-refractivity contribution in [1.29, 1.82) is 0 Å². The van der Waals surface area contributed by atoms with E-state index >= 15 is 0 Å². The van der Waals surface area contributed by atoms with Gasteiger partial charge in [-0.15, -0.1) is 0 Å². The summed E-state index contributed by atoms with van der Waals surface area (Å²) in [6, 6.07) is 36.7. The summed E-state index contributed by atoms with van der Waals surface area (Å²) in [4.78, 5) is 15.3. The lowest BCUT2D eigenvalue weighted by atomic mass is 9.88. The first-order valence-electron chi connectivity index (χ1n) is 12.0. The minimum Gasteiger partial charge on any atom is -0.497 e. The second-order valence-corrected chi connectivity index (χ2v) is 8.73. The van der Waals surface area contributed by atoms with Gasteiger partial charge in [0.05, 0.1) is 7.11 Å². The number of aryl methyl sites for hydroxylation is 1. The van der Waals surface area contributed by atoms with Gasteiger partial charge >= 0.3 is 6.03 Å². The van der Waals surface area contributed by atoms with E-state index in [1.807, 2.05) is 72.5 Å². The molecule has 0 bridgehead atoms. The second kappa shape index (κ2) is 11.9. The van der Waals surface area contributed by atoms with Crippen LogP contribution in [0.4, 0.5) is 10.5 Å². The van der Waals surface area contributed by atoms with Crippen LogP contribution in [0.25, 0.3) is 0 Å². The lowest BCUT2D eigenvalue weighted by molar-refractivity contribution is 0.207. The predicted molar refractivity (Wildman–Crippen MR) is 143 cm³/mol. The zero-order valence-corrected chi connectivity index (χ0v) is 20.4. The van der Waals surface area contributed by atoms with Crippen molar-refractivity contribution in [2.45, 2.75) is 25.8 Å². The van der Waals surface area contributed by atoms with E-state index in [2.05, 4.69) is 53.8 Å². The van der Waals surface area contributed by atoms with Gasteiger partial charge in [0.2, 0.25) is 0 Å². The number of carbonyl (C=O) groups is 1. The molecule has 0 aliphatic carbocycles. The standard InChI is InChI=1S/C31H32N2O2/c1-24-10-9-15-28(22-24)32-31(34)33(23-25-16-18-29(35-2)19-17-25)21-20-30(26-11-5-3-6-12-26)27-13-7-4-8-14-27/h3-19,22,30H,20-21,23H2,1-2H3,(H,32,34). The average molecular weight is 465 g/mol. The normalized spacial score (nSPS) is 10.7. The van der Waals surface area contributed by atoms with Crippen LogP contribution >= 0.6 is 0 Å². The molecule has 4 heteroatoms. The van der Waals surface area contributed by atoms with Crippen LogP contribution in [0.5, 0.6) is 5.75 Å². The Morgan fingerprint density at radius 1 is 0.829 bits per heavy atom. The van der Waals surface area contributed by atoms with Gasteiger partial charge in [0.15, 0.2) is 0 Å². The molecule has 0 saturated heterocycles. The molecule has 0 aliphatic heterocycles. The number of urea groups is 1. The molecular formula is C31H32N2O2.